The van der Waals surface area contributed by atoms with Crippen molar-refractivity contribution in [2.75, 3.05) is 6.54 Å². The van der Waals surface area contributed by atoms with Crippen molar-refractivity contribution < 1.29 is 14.9 Å². The Morgan fingerprint density at radius 3 is 2.89 bits per heavy atom. The summed E-state index contributed by atoms with van der Waals surface area (Å²) < 4.78 is 5.89. The van der Waals surface area contributed by atoms with E-state index in [0.717, 1.165) is 24.0 Å². The number of hydrogen-bond acceptors (Lipinski definition) is 4. The van der Waals surface area contributed by atoms with Gasteiger partial charge >= 0.3 is 0 Å². The standard InChI is InChI=1S/C14H19NO3/c1-2-3-4-9-7-11-10(13(8-15)18-9)5-6-12(16)14(11)17/h2,5-6,9,13,16-17H,1,3-4,7-8,15H2. The molecule has 1 heterocycles. The van der Waals surface area contributed by atoms with Crippen LogP contribution in [0, 0.1) is 0 Å². The van der Waals surface area contributed by atoms with Crippen molar-refractivity contribution in [1.29, 1.82) is 0 Å². The van der Waals surface area contributed by atoms with Crippen LogP contribution in [0.25, 0.3) is 0 Å². The average molecular weight is 249 g/mol. The highest BCUT2D eigenvalue weighted by molar-refractivity contribution is 5.50. The molecule has 18 heavy (non-hydrogen) atoms. The monoisotopic (exact) mass is 249 g/mol. The van der Waals surface area contributed by atoms with Gasteiger partial charge in [0, 0.05) is 18.5 Å². The highest BCUT2D eigenvalue weighted by Gasteiger charge is 2.29. The molecule has 2 rings (SSSR count). The fourth-order valence-electron chi connectivity index (χ4n) is 2.39. The summed E-state index contributed by atoms with van der Waals surface area (Å²) in [4.78, 5) is 0. The van der Waals surface area contributed by atoms with Crippen molar-refractivity contribution in [2.24, 2.45) is 5.73 Å². The highest BCUT2D eigenvalue weighted by Crippen LogP contribution is 2.40. The molecule has 0 amide bonds. The maximum Gasteiger partial charge on any atom is 0.161 e. The van der Waals surface area contributed by atoms with Crippen LogP contribution in [0.3, 0.4) is 0 Å². The van der Waals surface area contributed by atoms with Gasteiger partial charge < -0.3 is 20.7 Å². The molecule has 0 spiro atoms. The number of nitrogens with two attached hydrogens (primary N) is 1. The number of hydrogen-bond donors (Lipinski definition) is 3. The number of phenolic OH excluding ortho intramolecular Hbond substituents is 2. The van der Waals surface area contributed by atoms with Crippen molar-refractivity contribution in [3.8, 4) is 11.5 Å². The number of phenols is 2. The molecule has 1 aromatic carbocycles. The van der Waals surface area contributed by atoms with Crippen molar-refractivity contribution in [3.63, 3.8) is 0 Å². The number of rotatable bonds is 4. The minimum absolute atomic E-state index is 0.0109. The van der Waals surface area contributed by atoms with Gasteiger partial charge in [0.2, 0.25) is 0 Å². The summed E-state index contributed by atoms with van der Waals surface area (Å²) in [6.07, 6.45) is 3.94. The molecule has 4 N–H and O–H groups in total. The Labute approximate surface area is 107 Å². The van der Waals surface area contributed by atoms with E-state index in [2.05, 4.69) is 6.58 Å². The number of fused-ring (bicyclic) bond motifs is 1. The molecule has 0 saturated carbocycles. The molecule has 0 aliphatic carbocycles. The zero-order valence-corrected chi connectivity index (χ0v) is 10.3. The lowest BCUT2D eigenvalue weighted by molar-refractivity contribution is -0.0247. The average Bonchev–Trinajstić information content (AvgIpc) is 2.40. The molecule has 1 aliphatic heterocycles. The first-order valence-corrected chi connectivity index (χ1v) is 6.17. The lowest BCUT2D eigenvalue weighted by atomic mass is 9.91. The third-order valence-electron chi connectivity index (χ3n) is 3.34. The molecule has 4 heteroatoms. The van der Waals surface area contributed by atoms with Crippen LogP contribution in [0.2, 0.25) is 0 Å². The Balaban J connectivity index is 2.30. The normalized spacial score (nSPS) is 22.5. The van der Waals surface area contributed by atoms with E-state index >= 15 is 0 Å². The van der Waals surface area contributed by atoms with Gasteiger partial charge in [-0.25, -0.2) is 0 Å². The highest BCUT2D eigenvalue weighted by atomic mass is 16.5. The third-order valence-corrected chi connectivity index (χ3v) is 3.34. The molecule has 2 unspecified atom stereocenters. The van der Waals surface area contributed by atoms with Crippen molar-refractivity contribution >= 4 is 0 Å². The van der Waals surface area contributed by atoms with Crippen LogP contribution < -0.4 is 5.73 Å². The first-order valence-electron chi connectivity index (χ1n) is 6.17. The van der Waals surface area contributed by atoms with E-state index in [1.165, 1.54) is 6.07 Å². The number of benzene rings is 1. The Morgan fingerprint density at radius 2 is 2.22 bits per heavy atom. The summed E-state index contributed by atoms with van der Waals surface area (Å²) in [6.45, 7) is 4.05. The molecule has 98 valence electrons. The fourth-order valence-corrected chi connectivity index (χ4v) is 2.39. The topological polar surface area (TPSA) is 75.7 Å². The van der Waals surface area contributed by atoms with Gasteiger partial charge in [0.05, 0.1) is 12.2 Å². The number of ether oxygens (including phenoxy) is 1. The first-order chi connectivity index (χ1) is 8.67. The van der Waals surface area contributed by atoms with Gasteiger partial charge in [0.25, 0.3) is 0 Å². The molecule has 0 saturated heterocycles. The van der Waals surface area contributed by atoms with Gasteiger partial charge in [-0.1, -0.05) is 12.1 Å². The number of aromatic hydroxyl groups is 2. The Hall–Kier alpha value is -1.52. The van der Waals surface area contributed by atoms with E-state index in [4.69, 9.17) is 10.5 Å². The van der Waals surface area contributed by atoms with Crippen LogP contribution in [-0.2, 0) is 11.2 Å². The molecule has 0 radical (unpaired) electrons. The maximum absolute atomic E-state index is 9.93. The lowest BCUT2D eigenvalue weighted by Gasteiger charge is -2.32. The molecule has 2 atom stereocenters. The van der Waals surface area contributed by atoms with Gasteiger partial charge in [0.15, 0.2) is 11.5 Å². The van der Waals surface area contributed by atoms with Crippen LogP contribution in [0.5, 0.6) is 11.5 Å². The van der Waals surface area contributed by atoms with Crippen LogP contribution in [-0.4, -0.2) is 22.9 Å². The fraction of sp³-hybridized carbons (Fsp3) is 0.429. The minimum atomic E-state index is -0.213. The third kappa shape index (κ3) is 2.35. The van der Waals surface area contributed by atoms with Crippen LogP contribution in [0.4, 0.5) is 0 Å². The molecule has 0 aromatic heterocycles. The van der Waals surface area contributed by atoms with Gasteiger partial charge in [-0.3, -0.25) is 0 Å². The predicted octanol–water partition coefficient (Wildman–Crippen LogP) is 2.01. The second-order valence-corrected chi connectivity index (χ2v) is 4.55. The maximum atomic E-state index is 9.93. The molecular weight excluding hydrogens is 230 g/mol. The zero-order chi connectivity index (χ0) is 13.1. The second-order valence-electron chi connectivity index (χ2n) is 4.55. The molecule has 1 aliphatic rings. The second kappa shape index (κ2) is 5.42. The predicted molar refractivity (Wildman–Crippen MR) is 69.6 cm³/mol. The van der Waals surface area contributed by atoms with Crippen LogP contribution in [0.1, 0.15) is 30.1 Å². The van der Waals surface area contributed by atoms with Gasteiger partial charge in [-0.05, 0) is 24.5 Å². The van der Waals surface area contributed by atoms with Crippen molar-refractivity contribution in [1.82, 2.24) is 0 Å². The molecule has 4 nitrogen and oxygen atoms in total. The summed E-state index contributed by atoms with van der Waals surface area (Å²) in [7, 11) is 0. The Morgan fingerprint density at radius 1 is 1.44 bits per heavy atom. The van der Waals surface area contributed by atoms with Crippen LogP contribution >= 0.6 is 0 Å². The van der Waals surface area contributed by atoms with Gasteiger partial charge in [-0.15, -0.1) is 6.58 Å². The quantitative estimate of drug-likeness (QED) is 0.563. The van der Waals surface area contributed by atoms with Crippen molar-refractivity contribution in [3.05, 3.63) is 35.9 Å². The van der Waals surface area contributed by atoms with Crippen molar-refractivity contribution in [2.45, 2.75) is 31.5 Å². The Bertz CT molecular complexity index is 445. The first kappa shape index (κ1) is 12.9. The zero-order valence-electron chi connectivity index (χ0n) is 10.3. The summed E-state index contributed by atoms with van der Waals surface area (Å²) in [6, 6.07) is 3.25. The Kier molecular flexibility index (Phi) is 3.89. The lowest BCUT2D eigenvalue weighted by Crippen LogP contribution is -2.30. The number of allylic oxidation sites excluding steroid dienone is 1. The van der Waals surface area contributed by atoms with E-state index in [9.17, 15) is 10.2 Å². The largest absolute Gasteiger partial charge is 0.504 e. The molecule has 0 fully saturated rings. The van der Waals surface area contributed by atoms with E-state index in [0.29, 0.717) is 13.0 Å². The van der Waals surface area contributed by atoms with E-state index in [1.54, 1.807) is 6.07 Å². The summed E-state index contributed by atoms with van der Waals surface area (Å²) >= 11 is 0. The van der Waals surface area contributed by atoms with Crippen LogP contribution in [0.15, 0.2) is 24.8 Å². The molecule has 1 aromatic rings. The molecular formula is C14H19NO3. The van der Waals surface area contributed by atoms with Gasteiger partial charge in [-0.2, -0.15) is 0 Å². The summed E-state index contributed by atoms with van der Waals surface area (Å²) in [5.41, 5.74) is 7.34. The SMILES string of the molecule is C=CCCC1Cc2c(ccc(O)c2O)C(CN)O1. The van der Waals surface area contributed by atoms with E-state index < -0.39 is 0 Å². The summed E-state index contributed by atoms with van der Waals surface area (Å²) in [5, 5.41) is 19.5. The van der Waals surface area contributed by atoms with E-state index in [1.807, 2.05) is 6.08 Å². The minimum Gasteiger partial charge on any atom is -0.504 e. The van der Waals surface area contributed by atoms with Gasteiger partial charge in [0.1, 0.15) is 0 Å². The molecule has 0 bridgehead atoms. The summed E-state index contributed by atoms with van der Waals surface area (Å²) in [5.74, 6) is -0.133. The smallest absolute Gasteiger partial charge is 0.161 e. The van der Waals surface area contributed by atoms with E-state index in [-0.39, 0.29) is 23.7 Å².